The number of carbonyl (C=O) groups excluding carboxylic acids is 1. The fraction of sp³-hybridized carbons (Fsp3) is 0.750. The molecule has 0 aromatic carbocycles. The van der Waals surface area contributed by atoms with Crippen molar-refractivity contribution in [1.29, 1.82) is 0 Å². The lowest BCUT2D eigenvalue weighted by molar-refractivity contribution is -0.129. The molecule has 0 aromatic rings. The Bertz CT molecular complexity index is 260. The zero-order valence-electron chi connectivity index (χ0n) is 9.58. The average Bonchev–Trinajstić information content (AvgIpc) is 2.34. The molecule has 1 aliphatic rings. The number of ether oxygens (including phenoxy) is 1. The Balaban J connectivity index is 2.24. The highest BCUT2D eigenvalue weighted by Crippen LogP contribution is 2.25. The van der Waals surface area contributed by atoms with E-state index in [0.29, 0.717) is 12.5 Å². The van der Waals surface area contributed by atoms with Gasteiger partial charge in [0, 0.05) is 0 Å². The summed E-state index contributed by atoms with van der Waals surface area (Å²) < 4.78 is 5.58. The summed E-state index contributed by atoms with van der Waals surface area (Å²) >= 11 is 0. The predicted octanol–water partition coefficient (Wildman–Crippen LogP) is 0.270. The largest absolute Gasteiger partial charge is 0.368 e. The number of carbonyl (C=O) groups is 1. The molecule has 0 radical (unpaired) electrons. The third-order valence-electron chi connectivity index (χ3n) is 2.96. The molecule has 0 aliphatic heterocycles. The molecule has 1 fully saturated rings. The van der Waals surface area contributed by atoms with Gasteiger partial charge in [-0.15, -0.1) is 6.42 Å². The summed E-state index contributed by atoms with van der Waals surface area (Å²) in [5.74, 6) is 2.59. The van der Waals surface area contributed by atoms with Crippen LogP contribution in [0.25, 0.3) is 0 Å². The Morgan fingerprint density at radius 1 is 1.50 bits per heavy atom. The van der Waals surface area contributed by atoms with Crippen LogP contribution in [0.15, 0.2) is 0 Å². The molecule has 4 nitrogen and oxygen atoms in total. The minimum atomic E-state index is -0.153. The van der Waals surface area contributed by atoms with Crippen molar-refractivity contribution in [3.05, 3.63) is 0 Å². The fourth-order valence-electron chi connectivity index (χ4n) is 2.05. The van der Waals surface area contributed by atoms with Gasteiger partial charge in [0.25, 0.3) is 0 Å². The molecule has 2 atom stereocenters. The van der Waals surface area contributed by atoms with E-state index < -0.39 is 0 Å². The highest BCUT2D eigenvalue weighted by atomic mass is 16.5. The van der Waals surface area contributed by atoms with Crippen molar-refractivity contribution < 1.29 is 9.53 Å². The van der Waals surface area contributed by atoms with E-state index in [1.54, 1.807) is 0 Å². The summed E-state index contributed by atoms with van der Waals surface area (Å²) in [5.41, 5.74) is 5.67. The van der Waals surface area contributed by atoms with E-state index >= 15 is 0 Å². The first-order valence-corrected chi connectivity index (χ1v) is 5.79. The van der Waals surface area contributed by atoms with Gasteiger partial charge in [0.2, 0.25) is 5.91 Å². The summed E-state index contributed by atoms with van der Waals surface area (Å²) in [6.45, 7) is 0.979. The summed E-state index contributed by atoms with van der Waals surface area (Å²) in [4.78, 5) is 11.3. The molecule has 0 heterocycles. The van der Waals surface area contributed by atoms with Gasteiger partial charge in [-0.1, -0.05) is 18.8 Å². The third-order valence-corrected chi connectivity index (χ3v) is 2.96. The SMILES string of the molecule is C#CCNC(=O)COC1CCCCC1CN. The summed E-state index contributed by atoms with van der Waals surface area (Å²) in [7, 11) is 0. The molecular formula is C12H20N2O2. The van der Waals surface area contributed by atoms with E-state index in [1.165, 1.54) is 6.42 Å². The Morgan fingerprint density at radius 3 is 2.94 bits per heavy atom. The highest BCUT2D eigenvalue weighted by Gasteiger charge is 2.24. The maximum absolute atomic E-state index is 11.3. The molecule has 0 spiro atoms. The maximum Gasteiger partial charge on any atom is 0.246 e. The zero-order chi connectivity index (χ0) is 11.8. The predicted molar refractivity (Wildman–Crippen MR) is 62.6 cm³/mol. The molecule has 16 heavy (non-hydrogen) atoms. The number of nitrogens with two attached hydrogens (primary N) is 1. The molecular weight excluding hydrogens is 204 g/mol. The molecule has 90 valence electrons. The third kappa shape index (κ3) is 4.21. The second-order valence-electron chi connectivity index (χ2n) is 4.11. The van der Waals surface area contributed by atoms with Gasteiger partial charge < -0.3 is 15.8 Å². The standard InChI is InChI=1S/C12H20N2O2/c1-2-7-14-12(15)9-16-11-6-4-3-5-10(11)8-13/h1,10-11H,3-9,13H2,(H,14,15). The first kappa shape index (κ1) is 13.0. The van der Waals surface area contributed by atoms with Crippen LogP contribution in [0.1, 0.15) is 25.7 Å². The maximum atomic E-state index is 11.3. The first-order chi connectivity index (χ1) is 7.77. The van der Waals surface area contributed by atoms with Gasteiger partial charge in [0.1, 0.15) is 6.61 Å². The van der Waals surface area contributed by atoms with Gasteiger partial charge in [-0.25, -0.2) is 0 Å². The minimum absolute atomic E-state index is 0.0862. The number of terminal acetylenes is 1. The Morgan fingerprint density at radius 2 is 2.25 bits per heavy atom. The van der Waals surface area contributed by atoms with Gasteiger partial charge in [-0.05, 0) is 25.3 Å². The van der Waals surface area contributed by atoms with Gasteiger partial charge >= 0.3 is 0 Å². The molecule has 0 saturated heterocycles. The van der Waals surface area contributed by atoms with E-state index in [4.69, 9.17) is 16.9 Å². The molecule has 1 rings (SSSR count). The van der Waals surface area contributed by atoms with Crippen molar-refractivity contribution in [1.82, 2.24) is 5.32 Å². The van der Waals surface area contributed by atoms with Crippen LogP contribution in [0.2, 0.25) is 0 Å². The second-order valence-corrected chi connectivity index (χ2v) is 4.11. The van der Waals surface area contributed by atoms with Crippen LogP contribution in [0.4, 0.5) is 0 Å². The lowest BCUT2D eigenvalue weighted by atomic mass is 9.86. The normalized spacial score (nSPS) is 24.8. The first-order valence-electron chi connectivity index (χ1n) is 5.79. The zero-order valence-corrected chi connectivity index (χ0v) is 9.58. The summed E-state index contributed by atoms with van der Waals surface area (Å²) in [6, 6.07) is 0. The molecule has 1 amide bonds. The Labute approximate surface area is 96.9 Å². The van der Waals surface area contributed by atoms with Crippen molar-refractivity contribution in [2.75, 3.05) is 19.7 Å². The van der Waals surface area contributed by atoms with Crippen LogP contribution in [0.3, 0.4) is 0 Å². The molecule has 1 aliphatic carbocycles. The van der Waals surface area contributed by atoms with Crippen molar-refractivity contribution in [3.63, 3.8) is 0 Å². The number of amides is 1. The highest BCUT2D eigenvalue weighted by molar-refractivity contribution is 5.77. The number of nitrogens with one attached hydrogen (secondary N) is 1. The van der Waals surface area contributed by atoms with E-state index in [1.807, 2.05) is 0 Å². The Hall–Kier alpha value is -1.05. The lowest BCUT2D eigenvalue weighted by Crippen LogP contribution is -2.36. The van der Waals surface area contributed by atoms with Gasteiger partial charge in [0.05, 0.1) is 12.6 Å². The molecule has 3 N–H and O–H groups in total. The van der Waals surface area contributed by atoms with E-state index in [-0.39, 0.29) is 25.2 Å². The van der Waals surface area contributed by atoms with Gasteiger partial charge in [-0.3, -0.25) is 4.79 Å². The van der Waals surface area contributed by atoms with E-state index in [9.17, 15) is 4.79 Å². The number of hydrogen-bond acceptors (Lipinski definition) is 3. The molecule has 0 bridgehead atoms. The molecule has 0 aromatic heterocycles. The average molecular weight is 224 g/mol. The van der Waals surface area contributed by atoms with E-state index in [0.717, 1.165) is 19.3 Å². The van der Waals surface area contributed by atoms with Gasteiger partial charge in [0.15, 0.2) is 0 Å². The minimum Gasteiger partial charge on any atom is -0.368 e. The second kappa shape index (κ2) is 7.26. The summed E-state index contributed by atoms with van der Waals surface area (Å²) in [5, 5.41) is 2.57. The van der Waals surface area contributed by atoms with Crippen molar-refractivity contribution in [3.8, 4) is 12.3 Å². The lowest BCUT2D eigenvalue weighted by Gasteiger charge is -2.30. The topological polar surface area (TPSA) is 64.3 Å². The summed E-state index contributed by atoms with van der Waals surface area (Å²) in [6.07, 6.45) is 9.65. The monoisotopic (exact) mass is 224 g/mol. The molecule has 4 heteroatoms. The van der Waals surface area contributed by atoms with Crippen molar-refractivity contribution in [2.24, 2.45) is 11.7 Å². The smallest absolute Gasteiger partial charge is 0.246 e. The Kier molecular flexibility index (Phi) is 5.91. The van der Waals surface area contributed by atoms with Gasteiger partial charge in [-0.2, -0.15) is 0 Å². The van der Waals surface area contributed by atoms with Crippen LogP contribution in [-0.4, -0.2) is 31.7 Å². The number of hydrogen-bond donors (Lipinski definition) is 2. The van der Waals surface area contributed by atoms with Crippen LogP contribution < -0.4 is 11.1 Å². The van der Waals surface area contributed by atoms with Crippen LogP contribution >= 0.6 is 0 Å². The quantitative estimate of drug-likeness (QED) is 0.659. The van der Waals surface area contributed by atoms with Crippen molar-refractivity contribution in [2.45, 2.75) is 31.8 Å². The molecule has 2 unspecified atom stereocenters. The van der Waals surface area contributed by atoms with Crippen LogP contribution in [0.5, 0.6) is 0 Å². The van der Waals surface area contributed by atoms with Crippen molar-refractivity contribution >= 4 is 5.91 Å². The van der Waals surface area contributed by atoms with E-state index in [2.05, 4.69) is 11.2 Å². The number of rotatable bonds is 5. The van der Waals surface area contributed by atoms with Crippen LogP contribution in [0, 0.1) is 18.3 Å². The van der Waals surface area contributed by atoms with Crippen LogP contribution in [-0.2, 0) is 9.53 Å². The molecule has 1 saturated carbocycles. The fourth-order valence-corrected chi connectivity index (χ4v) is 2.05.